The Labute approximate surface area is 163 Å². The third-order valence-electron chi connectivity index (χ3n) is 4.78. The van der Waals surface area contributed by atoms with Crippen molar-refractivity contribution >= 4 is 16.9 Å². The summed E-state index contributed by atoms with van der Waals surface area (Å²) in [5, 5.41) is 19.7. The van der Waals surface area contributed by atoms with E-state index < -0.39 is 12.0 Å². The van der Waals surface area contributed by atoms with Crippen molar-refractivity contribution in [2.24, 2.45) is 7.05 Å². The number of fused-ring (bicyclic) bond motifs is 1. The highest BCUT2D eigenvalue weighted by molar-refractivity contribution is 5.83. The molecular weight excluding hydrogens is 360 g/mol. The van der Waals surface area contributed by atoms with Crippen LogP contribution in [0.5, 0.6) is 0 Å². The molecule has 1 N–H and O–H groups in total. The molecule has 4 rings (SSSR count). The van der Waals surface area contributed by atoms with E-state index in [4.69, 9.17) is 9.26 Å². The smallest absolute Gasteiger partial charge is 0.324 e. The van der Waals surface area contributed by atoms with E-state index >= 15 is 0 Å². The zero-order valence-electron chi connectivity index (χ0n) is 16.7. The second-order valence-corrected chi connectivity index (χ2v) is 8.02. The third-order valence-corrected chi connectivity index (χ3v) is 4.78. The van der Waals surface area contributed by atoms with Gasteiger partial charge in [0.15, 0.2) is 0 Å². The number of ether oxygens (including phenoxy) is 1. The van der Waals surface area contributed by atoms with Crippen LogP contribution >= 0.6 is 0 Å². The lowest BCUT2D eigenvalue weighted by Crippen LogP contribution is -2.52. The van der Waals surface area contributed by atoms with Crippen LogP contribution in [0.4, 0.5) is 6.01 Å². The number of hydrogen-bond acceptors (Lipinski definition) is 8. The minimum Gasteiger partial charge on any atom is -0.356 e. The molecule has 0 bridgehead atoms. The van der Waals surface area contributed by atoms with Gasteiger partial charge >= 0.3 is 6.01 Å². The number of benzene rings is 1. The molecule has 1 atom stereocenters. The van der Waals surface area contributed by atoms with Crippen LogP contribution in [-0.2, 0) is 11.8 Å². The second kappa shape index (κ2) is 7.16. The Morgan fingerprint density at radius 3 is 2.64 bits per heavy atom. The quantitative estimate of drug-likeness (QED) is 0.679. The van der Waals surface area contributed by atoms with Crippen molar-refractivity contribution in [3.63, 3.8) is 0 Å². The maximum atomic E-state index is 10.2. The predicted molar refractivity (Wildman–Crippen MR) is 105 cm³/mol. The van der Waals surface area contributed by atoms with Crippen molar-refractivity contribution in [3.8, 4) is 11.4 Å². The summed E-state index contributed by atoms with van der Waals surface area (Å²) >= 11 is 0. The summed E-state index contributed by atoms with van der Waals surface area (Å²) in [6.45, 7) is 8.42. The fraction of sp³-hybridized carbons (Fsp3) is 0.526. The van der Waals surface area contributed by atoms with Crippen LogP contribution in [0.3, 0.4) is 0 Å². The van der Waals surface area contributed by atoms with Crippen molar-refractivity contribution in [1.82, 2.24) is 24.8 Å². The maximum Gasteiger partial charge on any atom is 0.324 e. The van der Waals surface area contributed by atoms with Crippen LogP contribution in [0.1, 0.15) is 20.8 Å². The van der Waals surface area contributed by atoms with Gasteiger partial charge in [-0.05, 0) is 26.8 Å². The monoisotopic (exact) mass is 386 g/mol. The number of rotatable bonds is 4. The fourth-order valence-electron chi connectivity index (χ4n) is 3.27. The van der Waals surface area contributed by atoms with E-state index in [1.54, 1.807) is 0 Å². The lowest BCUT2D eigenvalue weighted by molar-refractivity contribution is -0.239. The Hall–Kier alpha value is -2.49. The number of aliphatic hydroxyl groups excluding tert-OH is 1. The van der Waals surface area contributed by atoms with E-state index in [0.29, 0.717) is 38.0 Å². The first kappa shape index (κ1) is 18.9. The molecule has 9 heteroatoms. The zero-order valence-corrected chi connectivity index (χ0v) is 16.7. The van der Waals surface area contributed by atoms with E-state index in [1.165, 1.54) is 0 Å². The minimum atomic E-state index is -0.911. The predicted octanol–water partition coefficient (Wildman–Crippen LogP) is 1.84. The molecule has 9 nitrogen and oxygen atoms in total. The molecule has 1 unspecified atom stereocenters. The van der Waals surface area contributed by atoms with Crippen molar-refractivity contribution in [1.29, 1.82) is 0 Å². The van der Waals surface area contributed by atoms with Gasteiger partial charge in [0.2, 0.25) is 12.2 Å². The van der Waals surface area contributed by atoms with Gasteiger partial charge in [-0.15, -0.1) is 0 Å². The first-order chi connectivity index (χ1) is 13.3. The lowest BCUT2D eigenvalue weighted by Gasteiger charge is -2.38. The van der Waals surface area contributed by atoms with E-state index in [-0.39, 0.29) is 0 Å². The number of aryl methyl sites for hydroxylation is 1. The Bertz CT molecular complexity index is 952. The molecule has 1 aromatic carbocycles. The van der Waals surface area contributed by atoms with E-state index in [9.17, 15) is 5.11 Å². The van der Waals surface area contributed by atoms with Crippen LogP contribution < -0.4 is 4.90 Å². The molecule has 1 aliphatic heterocycles. The number of anilines is 1. The molecule has 2 aromatic heterocycles. The summed E-state index contributed by atoms with van der Waals surface area (Å²) in [4.78, 5) is 8.49. The van der Waals surface area contributed by atoms with Crippen LogP contribution in [0.25, 0.3) is 22.3 Å². The standard InChI is InChI=1S/C19H26N6O3/c1-19(2,3)27-18(26)25-9-7-24(8-10-25)17-21-16(22-28-17)13-5-6-14-12-20-23(4)15(14)11-13/h5-6,11-12,18,26H,7-10H2,1-4H3. The Morgan fingerprint density at radius 2 is 1.93 bits per heavy atom. The molecule has 0 spiro atoms. The van der Waals surface area contributed by atoms with Gasteiger partial charge in [0.05, 0.1) is 17.3 Å². The van der Waals surface area contributed by atoms with Gasteiger partial charge < -0.3 is 19.3 Å². The van der Waals surface area contributed by atoms with Crippen LogP contribution in [0.2, 0.25) is 0 Å². The first-order valence-corrected chi connectivity index (χ1v) is 9.41. The van der Waals surface area contributed by atoms with Gasteiger partial charge in [-0.1, -0.05) is 17.3 Å². The van der Waals surface area contributed by atoms with Gasteiger partial charge in [-0.2, -0.15) is 10.1 Å². The number of hydrogen-bond donors (Lipinski definition) is 1. The molecule has 0 saturated carbocycles. The van der Waals surface area contributed by atoms with Gasteiger partial charge in [0, 0.05) is 44.2 Å². The average Bonchev–Trinajstić information content (AvgIpc) is 3.28. The summed E-state index contributed by atoms with van der Waals surface area (Å²) in [7, 11) is 1.91. The number of nitrogens with zero attached hydrogens (tertiary/aromatic N) is 6. The summed E-state index contributed by atoms with van der Waals surface area (Å²) in [6.07, 6.45) is 0.920. The van der Waals surface area contributed by atoms with Gasteiger partial charge in [0.1, 0.15) is 0 Å². The van der Waals surface area contributed by atoms with E-state index in [2.05, 4.69) is 15.2 Å². The molecule has 0 radical (unpaired) electrons. The number of aliphatic hydroxyl groups is 1. The Balaban J connectivity index is 1.43. The number of piperazine rings is 1. The van der Waals surface area contributed by atoms with Crippen molar-refractivity contribution in [2.45, 2.75) is 32.8 Å². The molecule has 150 valence electrons. The SMILES string of the molecule is Cn1ncc2ccc(-c3noc(N4CCN(C(O)OC(C)(C)C)CC4)n3)cc21. The summed E-state index contributed by atoms with van der Waals surface area (Å²) < 4.78 is 12.9. The molecule has 1 fully saturated rings. The molecule has 3 aromatic rings. The maximum absolute atomic E-state index is 10.2. The van der Waals surface area contributed by atoms with Crippen molar-refractivity contribution < 1.29 is 14.4 Å². The summed E-state index contributed by atoms with van der Waals surface area (Å²) in [6, 6.07) is 6.47. The molecule has 28 heavy (non-hydrogen) atoms. The molecule has 1 saturated heterocycles. The Morgan fingerprint density at radius 1 is 1.18 bits per heavy atom. The van der Waals surface area contributed by atoms with Crippen LogP contribution in [0, 0.1) is 0 Å². The van der Waals surface area contributed by atoms with Crippen LogP contribution in [-0.4, -0.2) is 68.1 Å². The van der Waals surface area contributed by atoms with Gasteiger partial charge in [0.25, 0.3) is 0 Å². The highest BCUT2D eigenvalue weighted by Gasteiger charge is 2.28. The molecule has 0 amide bonds. The Kier molecular flexibility index (Phi) is 4.82. The normalized spacial score (nSPS) is 17.4. The van der Waals surface area contributed by atoms with Crippen molar-refractivity contribution in [2.75, 3.05) is 31.1 Å². The minimum absolute atomic E-state index is 0.396. The van der Waals surface area contributed by atoms with Crippen molar-refractivity contribution in [3.05, 3.63) is 24.4 Å². The van der Waals surface area contributed by atoms with E-state index in [1.807, 2.05) is 66.7 Å². The molecule has 3 heterocycles. The lowest BCUT2D eigenvalue weighted by atomic mass is 10.1. The zero-order chi connectivity index (χ0) is 19.9. The second-order valence-electron chi connectivity index (χ2n) is 8.02. The largest absolute Gasteiger partial charge is 0.356 e. The molecule has 1 aliphatic rings. The molecular formula is C19H26N6O3. The molecule has 0 aliphatic carbocycles. The van der Waals surface area contributed by atoms with Crippen LogP contribution in [0.15, 0.2) is 28.9 Å². The van der Waals surface area contributed by atoms with Gasteiger partial charge in [-0.25, -0.2) is 0 Å². The number of aromatic nitrogens is 4. The fourth-order valence-corrected chi connectivity index (χ4v) is 3.27. The third kappa shape index (κ3) is 3.87. The van der Waals surface area contributed by atoms with E-state index in [0.717, 1.165) is 16.5 Å². The summed E-state index contributed by atoms with van der Waals surface area (Å²) in [5.74, 6) is 0.552. The summed E-state index contributed by atoms with van der Waals surface area (Å²) in [5.41, 5.74) is 1.51. The highest BCUT2D eigenvalue weighted by Crippen LogP contribution is 2.25. The first-order valence-electron chi connectivity index (χ1n) is 9.41. The van der Waals surface area contributed by atoms with Gasteiger partial charge in [-0.3, -0.25) is 9.58 Å². The topological polar surface area (TPSA) is 92.7 Å². The highest BCUT2D eigenvalue weighted by atomic mass is 16.6. The average molecular weight is 386 g/mol.